The van der Waals surface area contributed by atoms with Gasteiger partial charge in [0, 0.05) is 35.4 Å². The van der Waals surface area contributed by atoms with E-state index < -0.39 is 17.2 Å². The maximum absolute atomic E-state index is 14.7. The molecule has 2 aliphatic heterocycles. The summed E-state index contributed by atoms with van der Waals surface area (Å²) in [4.78, 5) is 18.9. The first kappa shape index (κ1) is 19.4. The van der Waals surface area contributed by atoms with Crippen molar-refractivity contribution in [2.45, 2.75) is 5.54 Å². The van der Waals surface area contributed by atoms with Crippen molar-refractivity contribution in [3.05, 3.63) is 71.3 Å². The van der Waals surface area contributed by atoms with E-state index >= 15 is 0 Å². The lowest BCUT2D eigenvalue weighted by molar-refractivity contribution is 0.0977. The summed E-state index contributed by atoms with van der Waals surface area (Å²) in [5.74, 6) is -1.41. The lowest BCUT2D eigenvalue weighted by Crippen LogP contribution is -2.43. The smallest absolute Gasteiger partial charge is 0.257 e. The normalized spacial score (nSPS) is 23.3. The van der Waals surface area contributed by atoms with Gasteiger partial charge in [-0.05, 0) is 18.2 Å². The summed E-state index contributed by atoms with van der Waals surface area (Å²) in [5, 5.41) is 10.9. The summed E-state index contributed by atoms with van der Waals surface area (Å²) in [6.07, 6.45) is 0. The SMILES string of the molecule is N=C(N)N1C[C@H]2CSC(NC(=O)c3ccccc3)=N[C@@]2(c2ccc(F)cc2F)C1. The zero-order valence-corrected chi connectivity index (χ0v) is 16.2. The number of nitrogens with two attached hydrogens (primary N) is 1. The number of carbonyl (C=O) groups is 1. The van der Waals surface area contributed by atoms with Gasteiger partial charge in [0.25, 0.3) is 5.91 Å². The largest absolute Gasteiger partial charge is 0.370 e. The molecule has 150 valence electrons. The molecule has 6 nitrogen and oxygen atoms in total. The Morgan fingerprint density at radius 1 is 1.28 bits per heavy atom. The molecule has 2 atom stereocenters. The second kappa shape index (κ2) is 7.47. The third kappa shape index (κ3) is 3.57. The molecule has 29 heavy (non-hydrogen) atoms. The maximum Gasteiger partial charge on any atom is 0.257 e. The van der Waals surface area contributed by atoms with Gasteiger partial charge in [0.05, 0.1) is 6.54 Å². The topological polar surface area (TPSA) is 94.6 Å². The number of thioether (sulfide) groups is 1. The molecule has 2 heterocycles. The van der Waals surface area contributed by atoms with Crippen molar-refractivity contribution in [3.63, 3.8) is 0 Å². The molecule has 2 aromatic carbocycles. The quantitative estimate of drug-likeness (QED) is 0.519. The molecule has 0 aliphatic carbocycles. The zero-order chi connectivity index (χ0) is 20.6. The number of nitrogens with zero attached hydrogens (tertiary/aromatic N) is 2. The first-order chi connectivity index (χ1) is 13.9. The minimum atomic E-state index is -1.06. The molecular formula is C20H19F2N5OS. The van der Waals surface area contributed by atoms with Crippen molar-refractivity contribution >= 4 is 28.8 Å². The Kier molecular flexibility index (Phi) is 4.99. The number of benzene rings is 2. The van der Waals surface area contributed by atoms with E-state index in [1.165, 1.54) is 23.9 Å². The summed E-state index contributed by atoms with van der Waals surface area (Å²) in [6, 6.07) is 12.1. The average molecular weight is 415 g/mol. The van der Waals surface area contributed by atoms with Gasteiger partial charge in [0.15, 0.2) is 11.1 Å². The van der Waals surface area contributed by atoms with Crippen LogP contribution >= 0.6 is 11.8 Å². The Hall–Kier alpha value is -2.94. The fourth-order valence-corrected chi connectivity index (χ4v) is 4.96. The maximum atomic E-state index is 14.7. The standard InChI is InChI=1S/C20H19F2N5OS/c21-14-6-7-15(16(22)8-14)20-11-27(18(23)24)9-13(20)10-29-19(26-20)25-17(28)12-4-2-1-3-5-12/h1-8,13H,9-11H2,(H3,23,24)(H,25,26,28)/t13-,20-/m0/s1. The van der Waals surface area contributed by atoms with Crippen LogP contribution in [0.2, 0.25) is 0 Å². The number of hydrogen-bond acceptors (Lipinski definition) is 4. The van der Waals surface area contributed by atoms with E-state index in [4.69, 9.17) is 16.1 Å². The highest BCUT2D eigenvalue weighted by molar-refractivity contribution is 8.13. The number of aliphatic imine (C=N–C) groups is 1. The summed E-state index contributed by atoms with van der Waals surface area (Å²) < 4.78 is 28.2. The number of amidine groups is 1. The van der Waals surface area contributed by atoms with E-state index in [-0.39, 0.29) is 29.9 Å². The fourth-order valence-electron chi connectivity index (χ4n) is 3.82. The highest BCUT2D eigenvalue weighted by atomic mass is 32.2. The van der Waals surface area contributed by atoms with Crippen LogP contribution in [0.5, 0.6) is 0 Å². The van der Waals surface area contributed by atoms with Gasteiger partial charge >= 0.3 is 0 Å². The van der Waals surface area contributed by atoms with Crippen LogP contribution in [0.15, 0.2) is 53.5 Å². The summed E-state index contributed by atoms with van der Waals surface area (Å²) in [6.45, 7) is 0.614. The molecule has 1 fully saturated rings. The zero-order valence-electron chi connectivity index (χ0n) is 15.4. The summed E-state index contributed by atoms with van der Waals surface area (Å²) >= 11 is 1.36. The second-order valence-electron chi connectivity index (χ2n) is 7.06. The summed E-state index contributed by atoms with van der Waals surface area (Å²) in [5.41, 5.74) is 5.33. The van der Waals surface area contributed by atoms with E-state index in [2.05, 4.69) is 5.32 Å². The molecular weight excluding hydrogens is 396 g/mol. The minimum absolute atomic E-state index is 0.128. The van der Waals surface area contributed by atoms with Gasteiger partial charge in [0.1, 0.15) is 17.2 Å². The van der Waals surface area contributed by atoms with E-state index in [1.807, 2.05) is 6.07 Å². The molecule has 0 unspecified atom stereocenters. The number of likely N-dealkylation sites (tertiary alicyclic amines) is 1. The number of hydrogen-bond donors (Lipinski definition) is 3. The van der Waals surface area contributed by atoms with E-state index in [9.17, 15) is 13.6 Å². The number of carbonyl (C=O) groups excluding carboxylic acids is 1. The summed E-state index contributed by atoms with van der Waals surface area (Å²) in [7, 11) is 0. The molecule has 1 saturated heterocycles. The number of rotatable bonds is 2. The molecule has 0 aromatic heterocycles. The van der Waals surface area contributed by atoms with Crippen LogP contribution in [0.3, 0.4) is 0 Å². The third-order valence-corrected chi connectivity index (χ3v) is 6.30. The molecule has 0 radical (unpaired) electrons. The first-order valence-electron chi connectivity index (χ1n) is 9.02. The van der Waals surface area contributed by atoms with E-state index in [1.54, 1.807) is 29.2 Å². The fraction of sp³-hybridized carbons (Fsp3) is 0.250. The molecule has 4 N–H and O–H groups in total. The number of amides is 1. The van der Waals surface area contributed by atoms with Crippen molar-refractivity contribution < 1.29 is 13.6 Å². The Morgan fingerprint density at radius 2 is 2.03 bits per heavy atom. The van der Waals surface area contributed by atoms with Gasteiger partial charge in [-0.1, -0.05) is 36.0 Å². The number of nitrogens with one attached hydrogen (secondary N) is 2. The molecule has 0 saturated carbocycles. The van der Waals surface area contributed by atoms with Crippen LogP contribution in [-0.4, -0.2) is 40.8 Å². The van der Waals surface area contributed by atoms with Gasteiger partial charge in [-0.15, -0.1) is 0 Å². The van der Waals surface area contributed by atoms with Crippen molar-refractivity contribution in [2.24, 2.45) is 16.6 Å². The van der Waals surface area contributed by atoms with E-state index in [0.29, 0.717) is 23.0 Å². The molecule has 4 rings (SSSR count). The van der Waals surface area contributed by atoms with Crippen molar-refractivity contribution in [2.75, 3.05) is 18.8 Å². The highest BCUT2D eigenvalue weighted by Crippen LogP contribution is 2.46. The van der Waals surface area contributed by atoms with Gasteiger partial charge in [-0.3, -0.25) is 10.2 Å². The van der Waals surface area contributed by atoms with Gasteiger partial charge in [-0.2, -0.15) is 0 Å². The van der Waals surface area contributed by atoms with Crippen LogP contribution in [0.25, 0.3) is 0 Å². The predicted octanol–water partition coefficient (Wildman–Crippen LogP) is 2.52. The monoisotopic (exact) mass is 415 g/mol. The lowest BCUT2D eigenvalue weighted by Gasteiger charge is -2.35. The molecule has 2 aliphatic rings. The molecule has 9 heteroatoms. The Morgan fingerprint density at radius 3 is 2.72 bits per heavy atom. The van der Waals surface area contributed by atoms with Crippen LogP contribution in [0, 0.1) is 23.0 Å². The van der Waals surface area contributed by atoms with Crippen LogP contribution < -0.4 is 11.1 Å². The van der Waals surface area contributed by atoms with Gasteiger partial charge in [0.2, 0.25) is 0 Å². The second-order valence-corrected chi connectivity index (χ2v) is 8.07. The van der Waals surface area contributed by atoms with Crippen molar-refractivity contribution in [1.82, 2.24) is 10.2 Å². The number of halogens is 2. The molecule has 2 aromatic rings. The van der Waals surface area contributed by atoms with Crippen LogP contribution in [-0.2, 0) is 5.54 Å². The van der Waals surface area contributed by atoms with E-state index in [0.717, 1.165) is 6.07 Å². The molecule has 0 bridgehead atoms. The number of guanidine groups is 1. The van der Waals surface area contributed by atoms with Crippen molar-refractivity contribution in [3.8, 4) is 0 Å². The van der Waals surface area contributed by atoms with Crippen molar-refractivity contribution in [1.29, 1.82) is 5.41 Å². The predicted molar refractivity (Wildman–Crippen MR) is 109 cm³/mol. The molecule has 0 spiro atoms. The van der Waals surface area contributed by atoms with Crippen LogP contribution in [0.4, 0.5) is 8.78 Å². The first-order valence-corrected chi connectivity index (χ1v) is 10.0. The average Bonchev–Trinajstić information content (AvgIpc) is 3.08. The van der Waals surface area contributed by atoms with Gasteiger partial charge in [-0.25, -0.2) is 13.8 Å². The Balaban J connectivity index is 1.73. The Bertz CT molecular complexity index is 1000. The number of fused-ring (bicyclic) bond motifs is 1. The lowest BCUT2D eigenvalue weighted by atomic mass is 9.81. The Labute approximate surface area is 170 Å². The minimum Gasteiger partial charge on any atom is -0.370 e. The van der Waals surface area contributed by atoms with Gasteiger partial charge < -0.3 is 16.0 Å². The van der Waals surface area contributed by atoms with Crippen LogP contribution in [0.1, 0.15) is 15.9 Å². The molecule has 1 amide bonds. The highest BCUT2D eigenvalue weighted by Gasteiger charge is 2.52. The third-order valence-electron chi connectivity index (χ3n) is 5.27.